The molecule has 0 radical (unpaired) electrons. The SMILES string of the molecule is CC(=N)c1cccc2oc3cccc(-c4ccc5sc6cccc(-n7c8ccccc8c8ccccc87)c6c5c4)c3c12. The molecular formula is C38H24N2OS. The Kier molecular flexibility index (Phi) is 4.84. The molecule has 0 aliphatic heterocycles. The van der Waals surface area contributed by atoms with Gasteiger partial charge >= 0.3 is 0 Å². The average Bonchev–Trinajstić information content (AvgIpc) is 3.70. The fraction of sp³-hybridized carbons (Fsp3) is 0.0263. The number of fused-ring (bicyclic) bond motifs is 9. The van der Waals surface area contributed by atoms with Crippen molar-refractivity contribution in [2.45, 2.75) is 6.92 Å². The van der Waals surface area contributed by atoms with Crippen molar-refractivity contribution in [2.24, 2.45) is 0 Å². The van der Waals surface area contributed by atoms with Crippen molar-refractivity contribution in [3.63, 3.8) is 0 Å². The van der Waals surface area contributed by atoms with E-state index in [1.807, 2.05) is 42.5 Å². The number of nitrogens with one attached hydrogen (secondary N) is 1. The predicted molar refractivity (Wildman–Crippen MR) is 179 cm³/mol. The van der Waals surface area contributed by atoms with Crippen LogP contribution in [0.1, 0.15) is 12.5 Å². The van der Waals surface area contributed by atoms with Crippen LogP contribution in [0.25, 0.3) is 80.7 Å². The molecule has 0 atom stereocenters. The highest BCUT2D eigenvalue weighted by Gasteiger charge is 2.19. The Balaban J connectivity index is 1.37. The van der Waals surface area contributed by atoms with Gasteiger partial charge in [-0.25, -0.2) is 0 Å². The van der Waals surface area contributed by atoms with Crippen molar-refractivity contribution in [1.82, 2.24) is 4.57 Å². The molecule has 0 saturated heterocycles. The van der Waals surface area contributed by atoms with E-state index in [2.05, 4.69) is 102 Å². The van der Waals surface area contributed by atoms with Gasteiger partial charge in [0.25, 0.3) is 0 Å². The van der Waals surface area contributed by atoms with Crippen LogP contribution in [0.3, 0.4) is 0 Å². The highest BCUT2D eigenvalue weighted by Crippen LogP contribution is 2.44. The molecule has 0 fully saturated rings. The molecule has 198 valence electrons. The maximum atomic E-state index is 8.45. The van der Waals surface area contributed by atoms with Crippen molar-refractivity contribution in [1.29, 1.82) is 5.41 Å². The Morgan fingerprint density at radius 3 is 2.07 bits per heavy atom. The molecule has 3 nitrogen and oxygen atoms in total. The number of thiophene rings is 1. The smallest absolute Gasteiger partial charge is 0.136 e. The minimum Gasteiger partial charge on any atom is -0.456 e. The number of aromatic nitrogens is 1. The van der Waals surface area contributed by atoms with E-state index in [9.17, 15) is 0 Å². The number of hydrogen-bond acceptors (Lipinski definition) is 3. The van der Waals surface area contributed by atoms with Crippen LogP contribution in [-0.2, 0) is 0 Å². The number of nitrogens with zero attached hydrogens (tertiary/aromatic N) is 1. The number of benzene rings is 6. The van der Waals surface area contributed by atoms with Crippen LogP contribution in [0.4, 0.5) is 0 Å². The van der Waals surface area contributed by atoms with E-state index >= 15 is 0 Å². The molecule has 6 aromatic carbocycles. The first kappa shape index (κ1) is 23.5. The molecule has 0 saturated carbocycles. The Morgan fingerprint density at radius 1 is 0.619 bits per heavy atom. The summed E-state index contributed by atoms with van der Waals surface area (Å²) in [7, 11) is 0. The Hall–Kier alpha value is -5.19. The summed E-state index contributed by atoms with van der Waals surface area (Å²) in [4.78, 5) is 0. The topological polar surface area (TPSA) is 41.9 Å². The van der Waals surface area contributed by atoms with Crippen molar-refractivity contribution >= 4 is 81.0 Å². The predicted octanol–water partition coefficient (Wildman–Crippen LogP) is 11.1. The molecule has 1 N–H and O–H groups in total. The molecule has 4 heteroatoms. The zero-order chi connectivity index (χ0) is 27.9. The lowest BCUT2D eigenvalue weighted by molar-refractivity contribution is 0.669. The maximum absolute atomic E-state index is 8.45. The molecule has 0 amide bonds. The van der Waals surface area contributed by atoms with Gasteiger partial charge in [-0.1, -0.05) is 72.8 Å². The number of rotatable bonds is 3. The van der Waals surface area contributed by atoms with E-state index in [4.69, 9.17) is 9.83 Å². The quantitative estimate of drug-likeness (QED) is 0.216. The lowest BCUT2D eigenvalue weighted by Gasteiger charge is -2.11. The van der Waals surface area contributed by atoms with E-state index in [0.29, 0.717) is 5.71 Å². The summed E-state index contributed by atoms with van der Waals surface area (Å²) in [5.74, 6) is 0. The molecule has 9 aromatic rings. The molecule has 3 aromatic heterocycles. The molecule has 42 heavy (non-hydrogen) atoms. The summed E-state index contributed by atoms with van der Waals surface area (Å²) in [6.45, 7) is 1.84. The summed E-state index contributed by atoms with van der Waals surface area (Å²) in [5, 5.41) is 15.6. The number of hydrogen-bond donors (Lipinski definition) is 1. The molecule has 9 rings (SSSR count). The van der Waals surface area contributed by atoms with Crippen molar-refractivity contribution in [3.05, 3.63) is 127 Å². The molecule has 3 heterocycles. The van der Waals surface area contributed by atoms with Gasteiger partial charge in [-0.05, 0) is 66.6 Å². The third-order valence-corrected chi connectivity index (χ3v) is 9.67. The standard InChI is InChI=1S/C38H24N2OS/c1-22(39)24-11-6-16-32-37(24)38-25(12-7-17-33(38)41-32)23-19-20-34-28(21-23)36-31(15-8-18-35(36)42-34)40-29-13-4-2-9-26(29)27-10-3-5-14-30(27)40/h2-21,39H,1H3. The molecule has 0 spiro atoms. The van der Waals surface area contributed by atoms with Gasteiger partial charge in [-0.3, -0.25) is 0 Å². The van der Waals surface area contributed by atoms with Crippen molar-refractivity contribution in [3.8, 4) is 16.8 Å². The monoisotopic (exact) mass is 556 g/mol. The fourth-order valence-electron chi connectivity index (χ4n) is 6.76. The third-order valence-electron chi connectivity index (χ3n) is 8.53. The summed E-state index contributed by atoms with van der Waals surface area (Å²) in [6.07, 6.45) is 0. The summed E-state index contributed by atoms with van der Waals surface area (Å²) in [6, 6.07) is 43.1. The lowest BCUT2D eigenvalue weighted by atomic mass is 9.95. The van der Waals surface area contributed by atoms with Gasteiger partial charge in [-0.15, -0.1) is 11.3 Å². The molecule has 0 aliphatic carbocycles. The zero-order valence-electron chi connectivity index (χ0n) is 22.8. The van der Waals surface area contributed by atoms with Gasteiger partial charge in [0, 0.05) is 53.0 Å². The van der Waals surface area contributed by atoms with Crippen LogP contribution in [0.15, 0.2) is 126 Å². The van der Waals surface area contributed by atoms with Crippen LogP contribution >= 0.6 is 11.3 Å². The van der Waals surface area contributed by atoms with Crippen LogP contribution in [-0.4, -0.2) is 10.3 Å². The largest absolute Gasteiger partial charge is 0.456 e. The fourth-order valence-corrected chi connectivity index (χ4v) is 7.87. The summed E-state index contributed by atoms with van der Waals surface area (Å²) in [5.41, 5.74) is 9.00. The molecular weight excluding hydrogens is 532 g/mol. The van der Waals surface area contributed by atoms with Crippen LogP contribution in [0, 0.1) is 5.41 Å². The second-order valence-corrected chi connectivity index (χ2v) is 12.0. The number of para-hydroxylation sites is 2. The second-order valence-electron chi connectivity index (χ2n) is 10.9. The van der Waals surface area contributed by atoms with Gasteiger partial charge in [0.2, 0.25) is 0 Å². The minimum atomic E-state index is 0.535. The van der Waals surface area contributed by atoms with Gasteiger partial charge in [0.05, 0.1) is 16.7 Å². The maximum Gasteiger partial charge on any atom is 0.136 e. The first-order chi connectivity index (χ1) is 20.7. The highest BCUT2D eigenvalue weighted by molar-refractivity contribution is 7.25. The number of furan rings is 1. The average molecular weight is 557 g/mol. The van der Waals surface area contributed by atoms with E-state index in [1.165, 1.54) is 47.7 Å². The van der Waals surface area contributed by atoms with Crippen LogP contribution in [0.2, 0.25) is 0 Å². The minimum absolute atomic E-state index is 0.535. The second kappa shape index (κ2) is 8.65. The van der Waals surface area contributed by atoms with Crippen molar-refractivity contribution in [2.75, 3.05) is 0 Å². The third kappa shape index (κ3) is 3.18. The Bertz CT molecular complexity index is 2510. The first-order valence-electron chi connectivity index (χ1n) is 14.1. The normalized spacial score (nSPS) is 12.0. The van der Waals surface area contributed by atoms with Gasteiger partial charge in [0.15, 0.2) is 0 Å². The Morgan fingerprint density at radius 2 is 1.31 bits per heavy atom. The van der Waals surface area contributed by atoms with Crippen molar-refractivity contribution < 1.29 is 4.42 Å². The van der Waals surface area contributed by atoms with Gasteiger partial charge in [0.1, 0.15) is 11.2 Å². The summed E-state index contributed by atoms with van der Waals surface area (Å²) < 4.78 is 11.3. The summed E-state index contributed by atoms with van der Waals surface area (Å²) >= 11 is 1.84. The van der Waals surface area contributed by atoms with Gasteiger partial charge < -0.3 is 14.4 Å². The molecule has 0 unspecified atom stereocenters. The first-order valence-corrected chi connectivity index (χ1v) is 14.9. The van der Waals surface area contributed by atoms with E-state index < -0.39 is 0 Å². The van der Waals surface area contributed by atoms with E-state index in [0.717, 1.165) is 38.6 Å². The van der Waals surface area contributed by atoms with Crippen LogP contribution < -0.4 is 0 Å². The lowest BCUT2D eigenvalue weighted by Crippen LogP contribution is -1.94. The van der Waals surface area contributed by atoms with E-state index in [-0.39, 0.29) is 0 Å². The molecule has 0 aliphatic rings. The van der Waals surface area contributed by atoms with E-state index in [1.54, 1.807) is 0 Å². The Labute approximate surface area is 245 Å². The highest BCUT2D eigenvalue weighted by atomic mass is 32.1. The zero-order valence-corrected chi connectivity index (χ0v) is 23.6. The van der Waals surface area contributed by atoms with Crippen LogP contribution in [0.5, 0.6) is 0 Å². The molecule has 0 bridgehead atoms. The van der Waals surface area contributed by atoms with Gasteiger partial charge in [-0.2, -0.15) is 0 Å².